The minimum atomic E-state index is -1.27. The largest absolute Gasteiger partial charge is 0.548 e. The number of urea groups is 1. The minimum Gasteiger partial charge on any atom is -0.548 e. The van der Waals surface area contributed by atoms with Gasteiger partial charge in [-0.3, -0.25) is 0 Å². The van der Waals surface area contributed by atoms with Crippen LogP contribution in [0.25, 0.3) is 0 Å². The molecule has 0 aliphatic rings. The molecule has 0 unspecified atom stereocenters. The fourth-order valence-corrected chi connectivity index (χ4v) is 2.89. The van der Waals surface area contributed by atoms with Gasteiger partial charge in [-0.1, -0.05) is 74.5 Å². The molecule has 0 saturated carbocycles. The molecule has 0 bridgehead atoms. The van der Waals surface area contributed by atoms with Crippen LogP contribution in [-0.2, 0) is 4.79 Å². The Balaban J connectivity index is 2.05. The predicted molar refractivity (Wildman–Crippen MR) is 99.5 cm³/mol. The number of hydrogen-bond acceptors (Lipinski definition) is 3. The number of carbonyl (C=O) groups excluding carboxylic acids is 2. The molecule has 0 radical (unpaired) electrons. The highest BCUT2D eigenvalue weighted by atomic mass is 16.4. The van der Waals surface area contributed by atoms with Gasteiger partial charge in [-0.15, -0.1) is 0 Å². The van der Waals surface area contributed by atoms with Gasteiger partial charge in [0.2, 0.25) is 0 Å². The summed E-state index contributed by atoms with van der Waals surface area (Å²) in [5, 5.41) is 16.5. The molecule has 0 heterocycles. The van der Waals surface area contributed by atoms with E-state index in [0.717, 1.165) is 11.1 Å². The maximum atomic E-state index is 12.2. The van der Waals surface area contributed by atoms with Crippen LogP contribution in [0.3, 0.4) is 0 Å². The van der Waals surface area contributed by atoms with Gasteiger partial charge in [0.15, 0.2) is 0 Å². The molecular formula is C21H25N2O3-. The summed E-state index contributed by atoms with van der Waals surface area (Å²) in [7, 11) is 0. The Hall–Kier alpha value is -2.82. The van der Waals surface area contributed by atoms with E-state index >= 15 is 0 Å². The minimum absolute atomic E-state index is 0.0188. The van der Waals surface area contributed by atoms with Crippen molar-refractivity contribution >= 4 is 12.0 Å². The van der Waals surface area contributed by atoms with Crippen LogP contribution in [0.1, 0.15) is 37.3 Å². The number of aliphatic carboxylic acids is 1. The summed E-state index contributed by atoms with van der Waals surface area (Å²) in [5.74, 6) is -1.15. The quantitative estimate of drug-likeness (QED) is 0.764. The standard InChI is InChI=1S/C21H26N2O3/c1-15(2)13-19(20(24)25)23-21(26)22-14-18(16-9-5-3-6-10-16)17-11-7-4-8-12-17/h3-12,15,18-19H,13-14H2,1-2H3,(H,24,25)(H2,22,23,26)/p-1/t19-/m0/s1. The number of hydrogen-bond donors (Lipinski definition) is 2. The lowest BCUT2D eigenvalue weighted by Gasteiger charge is -2.23. The molecule has 0 aromatic heterocycles. The number of rotatable bonds is 8. The smallest absolute Gasteiger partial charge is 0.315 e. The highest BCUT2D eigenvalue weighted by Crippen LogP contribution is 2.23. The van der Waals surface area contributed by atoms with Crippen molar-refractivity contribution in [3.05, 3.63) is 71.8 Å². The Bertz CT molecular complexity index is 662. The third-order valence-electron chi connectivity index (χ3n) is 4.17. The van der Waals surface area contributed by atoms with Crippen molar-refractivity contribution < 1.29 is 14.7 Å². The average molecular weight is 353 g/mol. The second-order valence-corrected chi connectivity index (χ2v) is 6.73. The van der Waals surface area contributed by atoms with E-state index in [2.05, 4.69) is 10.6 Å². The summed E-state index contributed by atoms with van der Waals surface area (Å²) in [4.78, 5) is 23.4. The predicted octanol–water partition coefficient (Wildman–Crippen LogP) is 2.28. The van der Waals surface area contributed by atoms with Crippen LogP contribution in [0.15, 0.2) is 60.7 Å². The molecule has 138 valence electrons. The first kappa shape index (κ1) is 19.5. The fraction of sp³-hybridized carbons (Fsp3) is 0.333. The van der Waals surface area contributed by atoms with Crippen LogP contribution >= 0.6 is 0 Å². The summed E-state index contributed by atoms with van der Waals surface area (Å²) >= 11 is 0. The van der Waals surface area contributed by atoms with E-state index in [1.165, 1.54) is 0 Å². The van der Waals surface area contributed by atoms with Gasteiger partial charge in [-0.2, -0.15) is 0 Å². The third-order valence-corrected chi connectivity index (χ3v) is 4.17. The Morgan fingerprint density at radius 2 is 1.42 bits per heavy atom. The van der Waals surface area contributed by atoms with Gasteiger partial charge in [-0.05, 0) is 23.5 Å². The first-order valence-corrected chi connectivity index (χ1v) is 8.82. The zero-order valence-corrected chi connectivity index (χ0v) is 15.1. The summed E-state index contributed by atoms with van der Waals surface area (Å²) in [5.41, 5.74) is 2.16. The molecular weight excluding hydrogens is 328 g/mol. The van der Waals surface area contributed by atoms with E-state index in [1.54, 1.807) is 0 Å². The lowest BCUT2D eigenvalue weighted by molar-refractivity contribution is -0.308. The molecule has 2 aromatic rings. The van der Waals surface area contributed by atoms with Gasteiger partial charge in [-0.25, -0.2) is 4.79 Å². The number of carboxylic acid groups (broad SMARTS) is 1. The van der Waals surface area contributed by atoms with Crippen molar-refractivity contribution in [3.63, 3.8) is 0 Å². The van der Waals surface area contributed by atoms with Crippen LogP contribution in [-0.4, -0.2) is 24.6 Å². The van der Waals surface area contributed by atoms with Crippen molar-refractivity contribution in [1.82, 2.24) is 10.6 Å². The van der Waals surface area contributed by atoms with Crippen LogP contribution in [0, 0.1) is 5.92 Å². The number of carbonyl (C=O) groups is 2. The fourth-order valence-electron chi connectivity index (χ4n) is 2.89. The van der Waals surface area contributed by atoms with E-state index in [4.69, 9.17) is 0 Å². The second-order valence-electron chi connectivity index (χ2n) is 6.73. The van der Waals surface area contributed by atoms with Gasteiger partial charge in [0.1, 0.15) is 0 Å². The first-order valence-electron chi connectivity index (χ1n) is 8.82. The lowest BCUT2D eigenvalue weighted by Crippen LogP contribution is -2.52. The van der Waals surface area contributed by atoms with Gasteiger partial charge in [0.25, 0.3) is 0 Å². The van der Waals surface area contributed by atoms with Crippen LogP contribution in [0.4, 0.5) is 4.79 Å². The van der Waals surface area contributed by atoms with Gasteiger partial charge in [0.05, 0.1) is 12.0 Å². The summed E-state index contributed by atoms with van der Waals surface area (Å²) in [6.45, 7) is 4.16. The molecule has 5 heteroatoms. The van der Waals surface area contributed by atoms with E-state index in [9.17, 15) is 14.7 Å². The Kier molecular flexibility index (Phi) is 7.21. The van der Waals surface area contributed by atoms with E-state index in [1.807, 2.05) is 74.5 Å². The molecule has 1 atom stereocenters. The van der Waals surface area contributed by atoms with E-state index in [0.29, 0.717) is 13.0 Å². The normalized spacial score (nSPS) is 12.0. The SMILES string of the molecule is CC(C)C[C@H](NC(=O)NCC(c1ccccc1)c1ccccc1)C(=O)[O-]. The van der Waals surface area contributed by atoms with E-state index in [-0.39, 0.29) is 11.8 Å². The third kappa shape index (κ3) is 5.92. The Morgan fingerprint density at radius 3 is 1.85 bits per heavy atom. The highest BCUT2D eigenvalue weighted by Gasteiger charge is 2.18. The topological polar surface area (TPSA) is 81.3 Å². The lowest BCUT2D eigenvalue weighted by atomic mass is 9.91. The summed E-state index contributed by atoms with van der Waals surface area (Å²) < 4.78 is 0. The Morgan fingerprint density at radius 1 is 0.923 bits per heavy atom. The van der Waals surface area contributed by atoms with Gasteiger partial charge >= 0.3 is 6.03 Å². The van der Waals surface area contributed by atoms with Crippen molar-refractivity contribution in [2.75, 3.05) is 6.54 Å². The molecule has 2 N–H and O–H groups in total. The maximum absolute atomic E-state index is 12.2. The molecule has 26 heavy (non-hydrogen) atoms. The zero-order valence-electron chi connectivity index (χ0n) is 15.1. The first-order chi connectivity index (χ1) is 12.5. The second kappa shape index (κ2) is 9.61. The van der Waals surface area contributed by atoms with Crippen molar-refractivity contribution in [2.45, 2.75) is 32.2 Å². The zero-order chi connectivity index (χ0) is 18.9. The molecule has 0 fully saturated rings. The number of benzene rings is 2. The molecule has 0 spiro atoms. The number of amides is 2. The molecule has 0 saturated heterocycles. The van der Waals surface area contributed by atoms with Crippen LogP contribution in [0.2, 0.25) is 0 Å². The number of nitrogens with one attached hydrogen (secondary N) is 2. The molecule has 0 aliphatic carbocycles. The van der Waals surface area contributed by atoms with Crippen LogP contribution < -0.4 is 15.7 Å². The molecule has 2 amide bonds. The summed E-state index contributed by atoms with van der Waals surface area (Å²) in [6, 6.07) is 18.3. The van der Waals surface area contributed by atoms with Crippen molar-refractivity contribution in [3.8, 4) is 0 Å². The van der Waals surface area contributed by atoms with Crippen molar-refractivity contribution in [2.24, 2.45) is 5.92 Å². The van der Waals surface area contributed by atoms with Crippen LogP contribution in [0.5, 0.6) is 0 Å². The molecule has 0 aliphatic heterocycles. The van der Waals surface area contributed by atoms with Gasteiger partial charge in [0, 0.05) is 12.5 Å². The number of carboxylic acids is 1. The highest BCUT2D eigenvalue weighted by molar-refractivity contribution is 5.81. The van der Waals surface area contributed by atoms with E-state index < -0.39 is 18.0 Å². The molecule has 5 nitrogen and oxygen atoms in total. The Labute approximate surface area is 154 Å². The monoisotopic (exact) mass is 353 g/mol. The van der Waals surface area contributed by atoms with Crippen molar-refractivity contribution in [1.29, 1.82) is 0 Å². The maximum Gasteiger partial charge on any atom is 0.315 e. The summed E-state index contributed by atoms with van der Waals surface area (Å²) in [6.07, 6.45) is 0.330. The average Bonchev–Trinajstić information content (AvgIpc) is 2.62. The molecule has 2 rings (SSSR count). The van der Waals surface area contributed by atoms with Gasteiger partial charge < -0.3 is 20.5 Å². The molecule has 2 aromatic carbocycles.